The molecule has 1 unspecified atom stereocenters. The monoisotopic (exact) mass is 581 g/mol. The molecule has 1 N–H and O–H groups in total. The van der Waals surface area contributed by atoms with Gasteiger partial charge in [0, 0.05) is 18.7 Å². The maximum absolute atomic E-state index is 14.1. The summed E-state index contributed by atoms with van der Waals surface area (Å²) in [4.78, 5) is 28.9. The van der Waals surface area contributed by atoms with Gasteiger partial charge in [-0.1, -0.05) is 55.5 Å². The molecule has 0 spiro atoms. The summed E-state index contributed by atoms with van der Waals surface area (Å²) in [6.07, 6.45) is 0.846. The number of nitrogens with one attached hydrogen (secondary N) is 1. The molecule has 0 aliphatic heterocycles. The van der Waals surface area contributed by atoms with Crippen LogP contribution < -0.4 is 19.1 Å². The van der Waals surface area contributed by atoms with E-state index in [1.807, 2.05) is 51.1 Å². The highest BCUT2D eigenvalue weighted by molar-refractivity contribution is 7.92. The van der Waals surface area contributed by atoms with E-state index in [0.717, 1.165) is 9.87 Å². The van der Waals surface area contributed by atoms with Crippen molar-refractivity contribution in [2.45, 2.75) is 50.6 Å². The summed E-state index contributed by atoms with van der Waals surface area (Å²) in [6.45, 7) is 5.20. The molecule has 0 saturated heterocycles. The third-order valence-electron chi connectivity index (χ3n) is 6.57. The van der Waals surface area contributed by atoms with Crippen LogP contribution in [0.1, 0.15) is 32.8 Å². The Morgan fingerprint density at radius 1 is 0.902 bits per heavy atom. The fourth-order valence-corrected chi connectivity index (χ4v) is 5.94. The maximum atomic E-state index is 14.1. The maximum Gasteiger partial charge on any atom is 0.264 e. The van der Waals surface area contributed by atoms with Crippen molar-refractivity contribution in [2.75, 3.05) is 31.6 Å². The number of nitrogens with zero attached hydrogens (tertiary/aromatic N) is 2. The molecule has 0 aliphatic carbocycles. The normalized spacial score (nSPS) is 12.0. The second-order valence-corrected chi connectivity index (χ2v) is 11.6. The van der Waals surface area contributed by atoms with E-state index in [-0.39, 0.29) is 34.8 Å². The van der Waals surface area contributed by atoms with Crippen LogP contribution in [0.4, 0.5) is 5.69 Å². The number of hydrogen-bond acceptors (Lipinski definition) is 6. The molecule has 2 amide bonds. The number of carbonyl (C=O) groups excluding carboxylic acids is 2. The van der Waals surface area contributed by atoms with Crippen molar-refractivity contribution in [3.63, 3.8) is 0 Å². The van der Waals surface area contributed by atoms with Gasteiger partial charge in [-0.05, 0) is 56.5 Å². The minimum atomic E-state index is -4.23. The number of sulfonamides is 1. The minimum Gasteiger partial charge on any atom is -0.497 e. The Balaban J connectivity index is 2.09. The fraction of sp³-hybridized carbons (Fsp3) is 0.355. The molecule has 3 aromatic carbocycles. The number of rotatable bonds is 14. The van der Waals surface area contributed by atoms with Gasteiger partial charge in [-0.15, -0.1) is 0 Å². The van der Waals surface area contributed by atoms with E-state index in [9.17, 15) is 18.0 Å². The first-order chi connectivity index (χ1) is 19.6. The Morgan fingerprint density at radius 2 is 1.54 bits per heavy atom. The Bertz CT molecular complexity index is 1400. The number of ether oxygens (including phenoxy) is 2. The second-order valence-electron chi connectivity index (χ2n) is 9.77. The molecule has 41 heavy (non-hydrogen) atoms. The Hall–Kier alpha value is -4.05. The van der Waals surface area contributed by atoms with E-state index in [4.69, 9.17) is 9.47 Å². The Morgan fingerprint density at radius 3 is 2.10 bits per heavy atom. The standard InChI is InChI=1S/C31H39N3O6S/c1-6-27(31(36)32-23(2)3)33(20-19-24-13-9-7-10-14-24)30(35)22-34(41(37,38)26-15-11-8-12-16-26)28-21-25(39-4)17-18-29(28)40-5/h7-18,21,23,27H,6,19-20,22H2,1-5H3,(H,32,36). The number of anilines is 1. The number of hydrogen-bond donors (Lipinski definition) is 1. The predicted octanol–water partition coefficient (Wildman–Crippen LogP) is 4.27. The van der Waals surface area contributed by atoms with E-state index in [2.05, 4.69) is 5.32 Å². The largest absolute Gasteiger partial charge is 0.497 e. The van der Waals surface area contributed by atoms with Gasteiger partial charge in [0.05, 0.1) is 24.8 Å². The lowest BCUT2D eigenvalue weighted by molar-refractivity contribution is -0.139. The van der Waals surface area contributed by atoms with Crippen LogP contribution >= 0.6 is 0 Å². The van der Waals surface area contributed by atoms with Crippen molar-refractivity contribution >= 4 is 27.5 Å². The Labute approximate surface area is 243 Å². The first kappa shape index (κ1) is 31.5. The van der Waals surface area contributed by atoms with E-state index >= 15 is 0 Å². The van der Waals surface area contributed by atoms with Crippen LogP contribution in [0.3, 0.4) is 0 Å². The van der Waals surface area contributed by atoms with Gasteiger partial charge < -0.3 is 19.7 Å². The van der Waals surface area contributed by atoms with E-state index in [1.165, 1.54) is 37.3 Å². The molecule has 0 aliphatic rings. The van der Waals surface area contributed by atoms with Crippen molar-refractivity contribution in [2.24, 2.45) is 0 Å². The van der Waals surface area contributed by atoms with Gasteiger partial charge in [0.1, 0.15) is 24.1 Å². The second kappa shape index (κ2) is 14.5. The summed E-state index contributed by atoms with van der Waals surface area (Å²) in [7, 11) is -1.33. The first-order valence-electron chi connectivity index (χ1n) is 13.6. The van der Waals surface area contributed by atoms with Crippen LogP contribution in [-0.2, 0) is 26.0 Å². The molecule has 9 nitrogen and oxygen atoms in total. The molecule has 220 valence electrons. The van der Waals surface area contributed by atoms with Crippen LogP contribution in [0.15, 0.2) is 83.8 Å². The molecule has 0 radical (unpaired) electrons. The molecule has 0 fully saturated rings. The molecule has 0 aromatic heterocycles. The topological polar surface area (TPSA) is 105 Å². The smallest absolute Gasteiger partial charge is 0.264 e. The van der Waals surface area contributed by atoms with Gasteiger partial charge in [0.15, 0.2) is 0 Å². The average molecular weight is 582 g/mol. The van der Waals surface area contributed by atoms with Crippen molar-refractivity contribution in [3.8, 4) is 11.5 Å². The van der Waals surface area contributed by atoms with Crippen LogP contribution in [0, 0.1) is 0 Å². The molecule has 0 bridgehead atoms. The number of benzene rings is 3. The number of amides is 2. The first-order valence-corrected chi connectivity index (χ1v) is 15.0. The predicted molar refractivity (Wildman–Crippen MR) is 160 cm³/mol. The lowest BCUT2D eigenvalue weighted by atomic mass is 10.1. The highest BCUT2D eigenvalue weighted by Crippen LogP contribution is 2.35. The van der Waals surface area contributed by atoms with Crippen LogP contribution in [0.25, 0.3) is 0 Å². The number of carbonyl (C=O) groups is 2. The zero-order valence-corrected chi connectivity index (χ0v) is 25.1. The van der Waals surface area contributed by atoms with Crippen molar-refractivity contribution < 1.29 is 27.5 Å². The Kier molecular flexibility index (Phi) is 11.2. The van der Waals surface area contributed by atoms with Gasteiger partial charge in [0.2, 0.25) is 11.8 Å². The zero-order valence-electron chi connectivity index (χ0n) is 24.2. The van der Waals surface area contributed by atoms with E-state index in [1.54, 1.807) is 30.3 Å². The molecule has 1 atom stereocenters. The van der Waals surface area contributed by atoms with Gasteiger partial charge in [-0.3, -0.25) is 13.9 Å². The molecule has 3 rings (SSSR count). The molecule has 3 aromatic rings. The summed E-state index contributed by atoms with van der Waals surface area (Å²) < 4.78 is 40.0. The highest BCUT2D eigenvalue weighted by Gasteiger charge is 2.34. The molecule has 0 heterocycles. The summed E-state index contributed by atoms with van der Waals surface area (Å²) in [5, 5.41) is 2.90. The summed E-state index contributed by atoms with van der Waals surface area (Å²) in [5.41, 5.74) is 1.14. The third-order valence-corrected chi connectivity index (χ3v) is 8.34. The minimum absolute atomic E-state index is 0.0121. The SMILES string of the molecule is CCC(C(=O)NC(C)C)N(CCc1ccccc1)C(=O)CN(c1cc(OC)ccc1OC)S(=O)(=O)c1ccccc1. The van der Waals surface area contributed by atoms with Crippen LogP contribution in [0.5, 0.6) is 11.5 Å². The molecule has 10 heteroatoms. The summed E-state index contributed by atoms with van der Waals surface area (Å²) >= 11 is 0. The van der Waals surface area contributed by atoms with Crippen molar-refractivity contribution in [3.05, 3.63) is 84.4 Å². The number of methoxy groups -OCH3 is 2. The van der Waals surface area contributed by atoms with Gasteiger partial charge >= 0.3 is 0 Å². The van der Waals surface area contributed by atoms with Gasteiger partial charge in [0.25, 0.3) is 10.0 Å². The zero-order chi connectivity index (χ0) is 30.0. The average Bonchev–Trinajstić information content (AvgIpc) is 2.98. The van der Waals surface area contributed by atoms with Crippen LogP contribution in [-0.4, -0.2) is 64.5 Å². The van der Waals surface area contributed by atoms with Crippen molar-refractivity contribution in [1.29, 1.82) is 0 Å². The lowest BCUT2D eigenvalue weighted by Gasteiger charge is -2.34. The quantitative estimate of drug-likeness (QED) is 0.305. The van der Waals surface area contributed by atoms with E-state index < -0.39 is 28.5 Å². The van der Waals surface area contributed by atoms with E-state index in [0.29, 0.717) is 18.6 Å². The summed E-state index contributed by atoms with van der Waals surface area (Å²) in [6, 6.07) is 21.3. The molecular weight excluding hydrogens is 542 g/mol. The van der Waals surface area contributed by atoms with Crippen molar-refractivity contribution in [1.82, 2.24) is 10.2 Å². The highest BCUT2D eigenvalue weighted by atomic mass is 32.2. The van der Waals surface area contributed by atoms with Gasteiger partial charge in [-0.25, -0.2) is 8.42 Å². The van der Waals surface area contributed by atoms with Crippen LogP contribution in [0.2, 0.25) is 0 Å². The lowest BCUT2D eigenvalue weighted by Crippen LogP contribution is -2.54. The molecule has 0 saturated carbocycles. The molecular formula is C31H39N3O6S. The third kappa shape index (κ3) is 8.00. The fourth-order valence-electron chi connectivity index (χ4n) is 4.50. The summed E-state index contributed by atoms with van der Waals surface area (Å²) in [5.74, 6) is -0.167. The van der Waals surface area contributed by atoms with Gasteiger partial charge in [-0.2, -0.15) is 0 Å².